The van der Waals surface area contributed by atoms with E-state index in [2.05, 4.69) is 50.0 Å². The maximum atomic E-state index is 13.2. The second-order valence-electron chi connectivity index (χ2n) is 11.9. The molecule has 42 heavy (non-hydrogen) atoms. The molecule has 1 unspecified atom stereocenters. The van der Waals surface area contributed by atoms with E-state index in [1.165, 1.54) is 11.1 Å². The number of nitrogens with zero attached hydrogens (tertiary/aromatic N) is 5. The number of benzene rings is 2. The highest BCUT2D eigenvalue weighted by Crippen LogP contribution is 2.29. The van der Waals surface area contributed by atoms with Gasteiger partial charge >= 0.3 is 0 Å². The van der Waals surface area contributed by atoms with Crippen LogP contribution in [0.1, 0.15) is 62.0 Å². The Hall–Kier alpha value is -3.85. The highest BCUT2D eigenvalue weighted by Gasteiger charge is 2.30. The molecule has 0 radical (unpaired) electrons. The SMILES string of the molecule is Cc1ccc(-n2c(SCCCC(=O)N3CCN(C(=O)c4ccc(C(C)(C)C)cc4)C(C)C3)nnc2-c2ccco2)cc1. The third-order valence-electron chi connectivity index (χ3n) is 7.67. The molecule has 4 aromatic rings. The molecule has 3 heterocycles. The number of furan rings is 1. The van der Waals surface area contributed by atoms with E-state index in [1.807, 2.05) is 69.8 Å². The van der Waals surface area contributed by atoms with E-state index in [9.17, 15) is 9.59 Å². The van der Waals surface area contributed by atoms with Crippen LogP contribution in [0.5, 0.6) is 0 Å². The van der Waals surface area contributed by atoms with Crippen LogP contribution < -0.4 is 0 Å². The van der Waals surface area contributed by atoms with Crippen LogP contribution in [0.4, 0.5) is 0 Å². The first-order valence-electron chi connectivity index (χ1n) is 14.5. The lowest BCUT2D eigenvalue weighted by Gasteiger charge is -2.40. The first kappa shape index (κ1) is 29.6. The molecule has 1 aliphatic heterocycles. The average Bonchev–Trinajstić information content (AvgIpc) is 3.65. The zero-order valence-corrected chi connectivity index (χ0v) is 25.9. The Morgan fingerprint density at radius 3 is 2.38 bits per heavy atom. The van der Waals surface area contributed by atoms with Gasteiger partial charge in [-0.15, -0.1) is 10.2 Å². The number of piperazine rings is 1. The molecule has 8 nitrogen and oxygen atoms in total. The summed E-state index contributed by atoms with van der Waals surface area (Å²) in [6, 6.07) is 19.8. The summed E-state index contributed by atoms with van der Waals surface area (Å²) >= 11 is 1.58. The zero-order chi connectivity index (χ0) is 29.9. The molecule has 0 aliphatic carbocycles. The van der Waals surface area contributed by atoms with Gasteiger partial charge in [0.15, 0.2) is 10.9 Å². The zero-order valence-electron chi connectivity index (χ0n) is 25.0. The van der Waals surface area contributed by atoms with Crippen molar-refractivity contribution in [2.75, 3.05) is 25.4 Å². The van der Waals surface area contributed by atoms with Gasteiger partial charge in [0.1, 0.15) is 0 Å². The Morgan fingerprint density at radius 2 is 1.74 bits per heavy atom. The van der Waals surface area contributed by atoms with Gasteiger partial charge in [-0.1, -0.05) is 62.4 Å². The third-order valence-corrected chi connectivity index (χ3v) is 8.69. The normalized spacial score (nSPS) is 15.7. The van der Waals surface area contributed by atoms with Gasteiger partial charge in [-0.2, -0.15) is 0 Å². The minimum Gasteiger partial charge on any atom is -0.461 e. The molecule has 0 bridgehead atoms. The Balaban J connectivity index is 1.14. The Labute approximate surface area is 252 Å². The third kappa shape index (κ3) is 6.62. The molecule has 9 heteroatoms. The summed E-state index contributed by atoms with van der Waals surface area (Å²) in [7, 11) is 0. The smallest absolute Gasteiger partial charge is 0.254 e. The lowest BCUT2D eigenvalue weighted by molar-refractivity contribution is -0.133. The summed E-state index contributed by atoms with van der Waals surface area (Å²) in [4.78, 5) is 30.1. The van der Waals surface area contributed by atoms with E-state index in [-0.39, 0.29) is 23.3 Å². The Kier molecular flexibility index (Phi) is 8.87. The first-order chi connectivity index (χ1) is 20.1. The molecule has 220 valence electrons. The topological polar surface area (TPSA) is 84.5 Å². The number of aryl methyl sites for hydroxylation is 1. The van der Waals surface area contributed by atoms with Crippen molar-refractivity contribution in [3.63, 3.8) is 0 Å². The van der Waals surface area contributed by atoms with Crippen molar-refractivity contribution in [1.29, 1.82) is 0 Å². The van der Waals surface area contributed by atoms with Gasteiger partial charge in [-0.25, -0.2) is 0 Å². The summed E-state index contributed by atoms with van der Waals surface area (Å²) < 4.78 is 7.61. The van der Waals surface area contributed by atoms with E-state index < -0.39 is 0 Å². The summed E-state index contributed by atoms with van der Waals surface area (Å²) in [6.45, 7) is 12.2. The number of hydrogen-bond donors (Lipinski definition) is 0. The summed E-state index contributed by atoms with van der Waals surface area (Å²) in [5, 5.41) is 9.60. The number of thioether (sulfide) groups is 1. The van der Waals surface area contributed by atoms with Crippen molar-refractivity contribution in [3.8, 4) is 17.3 Å². The number of amides is 2. The second kappa shape index (κ2) is 12.6. The van der Waals surface area contributed by atoms with Gasteiger partial charge in [0, 0.05) is 49.1 Å². The molecular weight excluding hydrogens is 546 g/mol. The molecule has 0 saturated carbocycles. The highest BCUT2D eigenvalue weighted by molar-refractivity contribution is 7.99. The average molecular weight is 586 g/mol. The molecule has 0 spiro atoms. The minimum atomic E-state index is -0.0417. The minimum absolute atomic E-state index is 0.0260. The van der Waals surface area contributed by atoms with Crippen LogP contribution in [0.15, 0.2) is 76.5 Å². The van der Waals surface area contributed by atoms with E-state index >= 15 is 0 Å². The van der Waals surface area contributed by atoms with Gasteiger partial charge in [-0.3, -0.25) is 14.2 Å². The van der Waals surface area contributed by atoms with Crippen molar-refractivity contribution in [2.24, 2.45) is 0 Å². The van der Waals surface area contributed by atoms with Crippen LogP contribution in [0.25, 0.3) is 17.3 Å². The van der Waals surface area contributed by atoms with Crippen LogP contribution >= 0.6 is 11.8 Å². The summed E-state index contributed by atoms with van der Waals surface area (Å²) in [6.07, 6.45) is 2.79. The van der Waals surface area contributed by atoms with Crippen molar-refractivity contribution >= 4 is 23.6 Å². The fourth-order valence-corrected chi connectivity index (χ4v) is 6.06. The second-order valence-corrected chi connectivity index (χ2v) is 13.0. The van der Waals surface area contributed by atoms with Crippen LogP contribution in [0, 0.1) is 6.92 Å². The lowest BCUT2D eigenvalue weighted by atomic mass is 9.86. The van der Waals surface area contributed by atoms with Crippen LogP contribution in [-0.4, -0.2) is 67.8 Å². The number of hydrogen-bond acceptors (Lipinski definition) is 6. The molecule has 2 amide bonds. The van der Waals surface area contributed by atoms with E-state index in [0.29, 0.717) is 49.6 Å². The molecular formula is C33H39N5O3S. The van der Waals surface area contributed by atoms with E-state index in [1.54, 1.807) is 18.0 Å². The number of carbonyl (C=O) groups excluding carboxylic acids is 2. The van der Waals surface area contributed by atoms with Crippen LogP contribution in [-0.2, 0) is 10.2 Å². The van der Waals surface area contributed by atoms with Crippen molar-refractivity contribution in [3.05, 3.63) is 83.6 Å². The maximum absolute atomic E-state index is 13.2. The van der Waals surface area contributed by atoms with Gasteiger partial charge in [0.25, 0.3) is 5.91 Å². The molecule has 2 aromatic heterocycles. The Bertz CT molecular complexity index is 1500. The molecule has 1 saturated heterocycles. The van der Waals surface area contributed by atoms with Crippen LogP contribution in [0.2, 0.25) is 0 Å². The highest BCUT2D eigenvalue weighted by atomic mass is 32.2. The number of aromatic nitrogens is 3. The molecule has 2 aromatic carbocycles. The number of carbonyl (C=O) groups is 2. The predicted octanol–water partition coefficient (Wildman–Crippen LogP) is 6.38. The molecule has 1 atom stereocenters. The fraction of sp³-hybridized carbons (Fsp3) is 0.394. The largest absolute Gasteiger partial charge is 0.461 e. The molecule has 5 rings (SSSR count). The summed E-state index contributed by atoms with van der Waals surface area (Å²) in [5.74, 6) is 2.18. The lowest BCUT2D eigenvalue weighted by Crippen LogP contribution is -2.55. The first-order valence-corrected chi connectivity index (χ1v) is 15.5. The molecule has 1 fully saturated rings. The monoisotopic (exact) mass is 585 g/mol. The number of rotatable bonds is 8. The predicted molar refractivity (Wildman–Crippen MR) is 166 cm³/mol. The standard InChI is InChI=1S/C33H39N5O3S/c1-23-10-16-27(17-11-23)38-30(28-8-6-20-41-28)34-35-32(38)42-21-7-9-29(39)36-18-19-37(24(2)22-36)31(40)25-12-14-26(15-13-25)33(3,4)5/h6,8,10-17,20,24H,7,9,18-19,21-22H2,1-5H3. The van der Waals surface area contributed by atoms with Gasteiger partial charge in [0.05, 0.1) is 6.26 Å². The van der Waals surface area contributed by atoms with Gasteiger partial charge in [-0.05, 0) is 67.6 Å². The maximum Gasteiger partial charge on any atom is 0.254 e. The van der Waals surface area contributed by atoms with Gasteiger partial charge < -0.3 is 14.2 Å². The molecule has 1 aliphatic rings. The van der Waals surface area contributed by atoms with Crippen molar-refractivity contribution < 1.29 is 14.0 Å². The van der Waals surface area contributed by atoms with Crippen LogP contribution in [0.3, 0.4) is 0 Å². The molecule has 0 N–H and O–H groups in total. The van der Waals surface area contributed by atoms with Crippen molar-refractivity contribution in [1.82, 2.24) is 24.6 Å². The Morgan fingerprint density at radius 1 is 1.00 bits per heavy atom. The fourth-order valence-electron chi connectivity index (χ4n) is 5.16. The van der Waals surface area contributed by atoms with E-state index in [4.69, 9.17) is 4.42 Å². The summed E-state index contributed by atoms with van der Waals surface area (Å²) in [5.41, 5.74) is 4.07. The quantitative estimate of drug-likeness (QED) is 0.176. The van der Waals surface area contributed by atoms with Crippen molar-refractivity contribution in [2.45, 2.75) is 64.1 Å². The van der Waals surface area contributed by atoms with E-state index in [0.717, 1.165) is 16.6 Å². The van der Waals surface area contributed by atoms with Gasteiger partial charge in [0.2, 0.25) is 11.7 Å².